The number of amides is 1. The van der Waals surface area contributed by atoms with E-state index in [2.05, 4.69) is 0 Å². The van der Waals surface area contributed by atoms with Crippen LogP contribution in [0.25, 0.3) is 0 Å². The van der Waals surface area contributed by atoms with Crippen LogP contribution in [0.3, 0.4) is 0 Å². The lowest BCUT2D eigenvalue weighted by Crippen LogP contribution is -2.35. The van der Waals surface area contributed by atoms with Crippen molar-refractivity contribution in [1.82, 2.24) is 4.90 Å². The van der Waals surface area contributed by atoms with Gasteiger partial charge < -0.3 is 14.4 Å². The molecule has 0 N–H and O–H groups in total. The zero-order chi connectivity index (χ0) is 15.1. The Morgan fingerprint density at radius 2 is 1.95 bits per heavy atom. The van der Waals surface area contributed by atoms with E-state index in [1.54, 1.807) is 18.2 Å². The molecule has 0 aromatic heterocycles. The number of likely N-dealkylation sites (tertiary alicyclic amines) is 1. The molecule has 0 atom stereocenters. The van der Waals surface area contributed by atoms with Crippen LogP contribution in [-0.4, -0.2) is 37.6 Å². The maximum absolute atomic E-state index is 12.2. The zero-order valence-electron chi connectivity index (χ0n) is 12.3. The van der Waals surface area contributed by atoms with E-state index < -0.39 is 0 Å². The molecule has 0 saturated carbocycles. The normalized spacial score (nSPS) is 15.0. The van der Waals surface area contributed by atoms with Gasteiger partial charge in [0.2, 0.25) is 0 Å². The van der Waals surface area contributed by atoms with Crippen LogP contribution in [0.5, 0.6) is 11.5 Å². The first-order valence-electron chi connectivity index (χ1n) is 7.23. The van der Waals surface area contributed by atoms with Crippen LogP contribution in [0.4, 0.5) is 0 Å². The van der Waals surface area contributed by atoms with Gasteiger partial charge in [0.1, 0.15) is 0 Å². The second kappa shape index (κ2) is 7.53. The number of carbonyl (C=O) groups is 1. The average molecular weight is 288 g/mol. The van der Waals surface area contributed by atoms with E-state index >= 15 is 0 Å². The first-order valence-corrected chi connectivity index (χ1v) is 7.23. The van der Waals surface area contributed by atoms with Crippen molar-refractivity contribution in [2.75, 3.05) is 26.8 Å². The van der Waals surface area contributed by atoms with Crippen molar-refractivity contribution < 1.29 is 14.3 Å². The van der Waals surface area contributed by atoms with Gasteiger partial charge in [0.15, 0.2) is 18.1 Å². The van der Waals surface area contributed by atoms with Crippen LogP contribution < -0.4 is 9.47 Å². The highest BCUT2D eigenvalue weighted by atomic mass is 16.5. The highest BCUT2D eigenvalue weighted by Crippen LogP contribution is 2.27. The van der Waals surface area contributed by atoms with Crippen LogP contribution in [0.15, 0.2) is 18.2 Å². The fraction of sp³-hybridized carbons (Fsp3) is 0.500. The third kappa shape index (κ3) is 4.12. The molecule has 0 unspecified atom stereocenters. The summed E-state index contributed by atoms with van der Waals surface area (Å²) in [4.78, 5) is 14.0. The number of methoxy groups -OCH3 is 1. The molecule has 1 aliphatic heterocycles. The Bertz CT molecular complexity index is 529. The predicted octanol–water partition coefficient (Wildman–Crippen LogP) is 2.35. The van der Waals surface area contributed by atoms with Crippen LogP contribution >= 0.6 is 0 Å². The summed E-state index contributed by atoms with van der Waals surface area (Å²) in [6.45, 7) is 1.63. The van der Waals surface area contributed by atoms with E-state index in [1.807, 2.05) is 11.0 Å². The molecule has 2 rings (SSSR count). The lowest BCUT2D eigenvalue weighted by Gasteiger charge is -2.20. The molecule has 1 fully saturated rings. The maximum atomic E-state index is 12.2. The first-order chi connectivity index (χ1) is 10.2. The van der Waals surface area contributed by atoms with E-state index in [0.717, 1.165) is 25.9 Å². The molecule has 1 saturated heterocycles. The van der Waals surface area contributed by atoms with Gasteiger partial charge in [-0.15, -0.1) is 0 Å². The molecule has 1 aliphatic rings. The SMILES string of the molecule is COc1cc(C#N)ccc1OCC(=O)N1CCCCCC1. The van der Waals surface area contributed by atoms with Gasteiger partial charge in [-0.05, 0) is 25.0 Å². The molecule has 5 nitrogen and oxygen atoms in total. The number of hydrogen-bond donors (Lipinski definition) is 0. The Balaban J connectivity index is 1.96. The molecule has 1 aromatic rings. The number of ether oxygens (including phenoxy) is 2. The van der Waals surface area contributed by atoms with E-state index in [-0.39, 0.29) is 12.5 Å². The Morgan fingerprint density at radius 1 is 1.24 bits per heavy atom. The van der Waals surface area contributed by atoms with Gasteiger partial charge in [0.25, 0.3) is 5.91 Å². The standard InChI is InChI=1S/C16H20N2O3/c1-20-15-10-13(11-17)6-7-14(15)21-12-16(19)18-8-4-2-3-5-9-18/h6-7,10H,2-5,8-9,12H2,1H3. The van der Waals surface area contributed by atoms with Crippen LogP contribution in [0.2, 0.25) is 0 Å². The minimum atomic E-state index is 0.00224. The lowest BCUT2D eigenvalue weighted by atomic mass is 10.2. The minimum absolute atomic E-state index is 0.00224. The third-order valence-electron chi connectivity index (χ3n) is 3.60. The van der Waals surface area contributed by atoms with Crippen LogP contribution in [0.1, 0.15) is 31.2 Å². The summed E-state index contributed by atoms with van der Waals surface area (Å²) < 4.78 is 10.7. The number of nitrogens with zero attached hydrogens (tertiary/aromatic N) is 2. The number of carbonyl (C=O) groups excluding carboxylic acids is 1. The summed E-state index contributed by atoms with van der Waals surface area (Å²) in [5, 5.41) is 8.86. The number of rotatable bonds is 4. The molecule has 0 spiro atoms. The highest BCUT2D eigenvalue weighted by molar-refractivity contribution is 5.77. The van der Waals surface area contributed by atoms with Crippen molar-refractivity contribution in [1.29, 1.82) is 5.26 Å². The van der Waals surface area contributed by atoms with Gasteiger partial charge >= 0.3 is 0 Å². The van der Waals surface area contributed by atoms with Crippen molar-refractivity contribution in [2.45, 2.75) is 25.7 Å². The summed E-state index contributed by atoms with van der Waals surface area (Å²) >= 11 is 0. The van der Waals surface area contributed by atoms with E-state index in [1.165, 1.54) is 20.0 Å². The average Bonchev–Trinajstić information content (AvgIpc) is 2.81. The van der Waals surface area contributed by atoms with Gasteiger partial charge in [-0.25, -0.2) is 0 Å². The number of hydrogen-bond acceptors (Lipinski definition) is 4. The first kappa shape index (κ1) is 15.2. The molecule has 0 aliphatic carbocycles. The number of nitriles is 1. The van der Waals surface area contributed by atoms with Gasteiger partial charge in [-0.1, -0.05) is 12.8 Å². The highest BCUT2D eigenvalue weighted by Gasteiger charge is 2.16. The maximum Gasteiger partial charge on any atom is 0.260 e. The molecular formula is C16H20N2O3. The van der Waals surface area contributed by atoms with Crippen molar-refractivity contribution >= 4 is 5.91 Å². The number of benzene rings is 1. The molecule has 1 amide bonds. The van der Waals surface area contributed by atoms with Gasteiger partial charge in [-0.3, -0.25) is 4.79 Å². The Labute approximate surface area is 125 Å². The van der Waals surface area contributed by atoms with E-state index in [9.17, 15) is 4.79 Å². The lowest BCUT2D eigenvalue weighted by molar-refractivity contribution is -0.133. The molecule has 0 radical (unpaired) electrons. The molecule has 1 heterocycles. The monoisotopic (exact) mass is 288 g/mol. The summed E-state index contributed by atoms with van der Waals surface area (Å²) in [6, 6.07) is 6.95. The topological polar surface area (TPSA) is 62.6 Å². The smallest absolute Gasteiger partial charge is 0.260 e. The zero-order valence-corrected chi connectivity index (χ0v) is 12.3. The molecule has 0 bridgehead atoms. The fourth-order valence-corrected chi connectivity index (χ4v) is 2.41. The van der Waals surface area contributed by atoms with Crippen molar-refractivity contribution in [3.05, 3.63) is 23.8 Å². The minimum Gasteiger partial charge on any atom is -0.493 e. The van der Waals surface area contributed by atoms with Crippen LogP contribution in [-0.2, 0) is 4.79 Å². The second-order valence-electron chi connectivity index (χ2n) is 5.06. The Kier molecular flexibility index (Phi) is 5.44. The molecule has 112 valence electrons. The molecule has 5 heteroatoms. The second-order valence-corrected chi connectivity index (χ2v) is 5.06. The van der Waals surface area contributed by atoms with Crippen molar-refractivity contribution in [3.8, 4) is 17.6 Å². The Hall–Kier alpha value is -2.22. The molecular weight excluding hydrogens is 268 g/mol. The largest absolute Gasteiger partial charge is 0.493 e. The third-order valence-corrected chi connectivity index (χ3v) is 3.60. The van der Waals surface area contributed by atoms with Gasteiger partial charge in [0.05, 0.1) is 18.7 Å². The van der Waals surface area contributed by atoms with Crippen molar-refractivity contribution in [3.63, 3.8) is 0 Å². The molecule has 1 aromatic carbocycles. The fourth-order valence-electron chi connectivity index (χ4n) is 2.41. The van der Waals surface area contributed by atoms with Gasteiger partial charge in [0, 0.05) is 19.2 Å². The molecule has 21 heavy (non-hydrogen) atoms. The van der Waals surface area contributed by atoms with E-state index in [4.69, 9.17) is 14.7 Å². The quantitative estimate of drug-likeness (QED) is 0.853. The predicted molar refractivity (Wildman–Crippen MR) is 78.3 cm³/mol. The Morgan fingerprint density at radius 3 is 2.57 bits per heavy atom. The van der Waals surface area contributed by atoms with Gasteiger partial charge in [-0.2, -0.15) is 5.26 Å². The summed E-state index contributed by atoms with van der Waals surface area (Å²) in [5.41, 5.74) is 0.498. The summed E-state index contributed by atoms with van der Waals surface area (Å²) in [5.74, 6) is 0.959. The summed E-state index contributed by atoms with van der Waals surface area (Å²) in [7, 11) is 1.51. The van der Waals surface area contributed by atoms with Crippen molar-refractivity contribution in [2.24, 2.45) is 0 Å². The summed E-state index contributed by atoms with van der Waals surface area (Å²) in [6.07, 6.45) is 4.50. The van der Waals surface area contributed by atoms with Crippen LogP contribution in [0, 0.1) is 11.3 Å². The van der Waals surface area contributed by atoms with E-state index in [0.29, 0.717) is 17.1 Å².